The molecule has 1 fully saturated rings. The zero-order valence-corrected chi connectivity index (χ0v) is 9.24. The van der Waals surface area contributed by atoms with Gasteiger partial charge in [-0.2, -0.15) is 0 Å². The molecule has 82 valence electrons. The van der Waals surface area contributed by atoms with E-state index in [1.807, 2.05) is 12.1 Å². The number of benzene rings is 1. The lowest BCUT2D eigenvalue weighted by molar-refractivity contribution is -0.0522. The molecule has 2 rings (SSSR count). The number of nitrogens with two attached hydrogens (primary N) is 1. The van der Waals surface area contributed by atoms with E-state index < -0.39 is 5.60 Å². The predicted molar refractivity (Wildman–Crippen MR) is 61.5 cm³/mol. The average Bonchev–Trinajstić information content (AvgIpc) is 2.17. The van der Waals surface area contributed by atoms with Crippen molar-refractivity contribution in [1.82, 2.24) is 0 Å². The molecule has 0 atom stereocenters. The van der Waals surface area contributed by atoms with Crippen LogP contribution in [0.2, 0.25) is 0 Å². The van der Waals surface area contributed by atoms with Crippen LogP contribution in [0.15, 0.2) is 24.3 Å². The van der Waals surface area contributed by atoms with E-state index >= 15 is 0 Å². The molecule has 3 N–H and O–H groups in total. The summed E-state index contributed by atoms with van der Waals surface area (Å²) in [4.78, 5) is 0. The van der Waals surface area contributed by atoms with Crippen molar-refractivity contribution in [3.63, 3.8) is 0 Å². The molecule has 0 saturated heterocycles. The topological polar surface area (TPSA) is 46.2 Å². The van der Waals surface area contributed by atoms with Crippen molar-refractivity contribution in [2.45, 2.75) is 44.2 Å². The maximum absolute atomic E-state index is 10.2. The quantitative estimate of drug-likeness (QED) is 0.792. The van der Waals surface area contributed by atoms with Gasteiger partial charge in [-0.05, 0) is 30.4 Å². The Labute approximate surface area is 91.1 Å². The molecule has 1 saturated carbocycles. The molecular formula is C13H19NO. The van der Waals surface area contributed by atoms with E-state index in [2.05, 4.69) is 19.1 Å². The number of hydrogen-bond acceptors (Lipinski definition) is 2. The number of rotatable bonds is 3. The van der Waals surface area contributed by atoms with Crippen molar-refractivity contribution in [2.75, 3.05) is 0 Å². The van der Waals surface area contributed by atoms with Gasteiger partial charge in [0.2, 0.25) is 0 Å². The van der Waals surface area contributed by atoms with Crippen molar-refractivity contribution in [2.24, 2.45) is 5.73 Å². The first-order chi connectivity index (χ1) is 7.14. The van der Waals surface area contributed by atoms with Gasteiger partial charge in [0.15, 0.2) is 0 Å². The van der Waals surface area contributed by atoms with Crippen molar-refractivity contribution in [3.05, 3.63) is 35.4 Å². The van der Waals surface area contributed by atoms with Gasteiger partial charge < -0.3 is 10.8 Å². The van der Waals surface area contributed by atoms with E-state index in [9.17, 15) is 5.11 Å². The van der Waals surface area contributed by atoms with Crippen LogP contribution in [-0.2, 0) is 12.0 Å². The van der Waals surface area contributed by atoms with Crippen LogP contribution in [-0.4, -0.2) is 11.1 Å². The van der Waals surface area contributed by atoms with E-state index in [4.69, 9.17) is 5.73 Å². The molecule has 1 aromatic rings. The Morgan fingerprint density at radius 3 is 2.40 bits per heavy atom. The smallest absolute Gasteiger partial charge is 0.0926 e. The fourth-order valence-electron chi connectivity index (χ4n) is 2.31. The highest BCUT2D eigenvalue weighted by atomic mass is 16.3. The lowest BCUT2D eigenvalue weighted by Gasteiger charge is -2.42. The van der Waals surface area contributed by atoms with Gasteiger partial charge in [-0.1, -0.05) is 37.6 Å². The van der Waals surface area contributed by atoms with Gasteiger partial charge in [0.1, 0.15) is 0 Å². The zero-order valence-electron chi connectivity index (χ0n) is 9.24. The lowest BCUT2D eigenvalue weighted by Crippen LogP contribution is -2.49. The van der Waals surface area contributed by atoms with E-state index in [1.54, 1.807) is 0 Å². The fourth-order valence-corrected chi connectivity index (χ4v) is 2.31. The highest BCUT2D eigenvalue weighted by Crippen LogP contribution is 2.40. The van der Waals surface area contributed by atoms with Crippen molar-refractivity contribution in [1.29, 1.82) is 0 Å². The second-order valence-corrected chi connectivity index (χ2v) is 4.65. The number of aryl methyl sites for hydroxylation is 1. The Morgan fingerprint density at radius 2 is 1.93 bits per heavy atom. The summed E-state index contributed by atoms with van der Waals surface area (Å²) in [5, 5.41) is 10.2. The first-order valence-corrected chi connectivity index (χ1v) is 5.71. The van der Waals surface area contributed by atoms with Gasteiger partial charge in [-0.3, -0.25) is 0 Å². The highest BCUT2D eigenvalue weighted by molar-refractivity contribution is 5.29. The maximum Gasteiger partial charge on any atom is 0.0926 e. The summed E-state index contributed by atoms with van der Waals surface area (Å²) >= 11 is 0. The molecule has 2 nitrogen and oxygen atoms in total. The Balaban J connectivity index is 2.10. The molecule has 15 heavy (non-hydrogen) atoms. The summed E-state index contributed by atoms with van der Waals surface area (Å²) in [6.45, 7) is 2.17. The third kappa shape index (κ3) is 2.06. The average molecular weight is 205 g/mol. The molecule has 0 unspecified atom stereocenters. The van der Waals surface area contributed by atoms with Crippen molar-refractivity contribution in [3.8, 4) is 0 Å². The second kappa shape index (κ2) is 3.95. The van der Waals surface area contributed by atoms with Gasteiger partial charge >= 0.3 is 0 Å². The molecule has 0 amide bonds. The van der Waals surface area contributed by atoms with Gasteiger partial charge in [-0.25, -0.2) is 0 Å². The first-order valence-electron chi connectivity index (χ1n) is 5.71. The minimum atomic E-state index is -0.649. The zero-order chi connectivity index (χ0) is 10.9. The van der Waals surface area contributed by atoms with E-state index in [0.29, 0.717) is 12.8 Å². The molecule has 2 heteroatoms. The minimum absolute atomic E-state index is 0.172. The van der Waals surface area contributed by atoms with Gasteiger partial charge in [-0.15, -0.1) is 0 Å². The lowest BCUT2D eigenvalue weighted by atomic mass is 9.72. The molecule has 1 aliphatic rings. The molecular weight excluding hydrogens is 186 g/mol. The van der Waals surface area contributed by atoms with E-state index in [-0.39, 0.29) is 6.04 Å². The standard InChI is InChI=1S/C13H19NO/c1-2-3-10-4-6-11(7-5-10)13(15)8-12(14)9-13/h4-7,12,15H,2-3,8-9,14H2,1H3. The largest absolute Gasteiger partial charge is 0.385 e. The number of hydrogen-bond donors (Lipinski definition) is 2. The van der Waals surface area contributed by atoms with Crippen LogP contribution in [0.5, 0.6) is 0 Å². The third-order valence-electron chi connectivity index (χ3n) is 3.23. The van der Waals surface area contributed by atoms with Gasteiger partial charge in [0.25, 0.3) is 0 Å². The Kier molecular flexibility index (Phi) is 2.81. The van der Waals surface area contributed by atoms with Crippen molar-refractivity contribution >= 4 is 0 Å². The molecule has 1 aromatic carbocycles. The van der Waals surface area contributed by atoms with Gasteiger partial charge in [0, 0.05) is 6.04 Å². The van der Waals surface area contributed by atoms with Crippen LogP contribution in [0.1, 0.15) is 37.3 Å². The number of aliphatic hydroxyl groups is 1. The molecule has 0 aliphatic heterocycles. The van der Waals surface area contributed by atoms with Crippen LogP contribution in [0.4, 0.5) is 0 Å². The summed E-state index contributed by atoms with van der Waals surface area (Å²) in [7, 11) is 0. The first kappa shape index (κ1) is 10.7. The third-order valence-corrected chi connectivity index (χ3v) is 3.23. The molecule has 0 spiro atoms. The minimum Gasteiger partial charge on any atom is -0.385 e. The summed E-state index contributed by atoms with van der Waals surface area (Å²) in [6, 6.07) is 8.47. The Bertz CT molecular complexity index is 325. The van der Waals surface area contributed by atoms with Crippen LogP contribution in [0, 0.1) is 0 Å². The summed E-state index contributed by atoms with van der Waals surface area (Å²) in [5.74, 6) is 0. The predicted octanol–water partition coefficient (Wildman–Crippen LogP) is 1.95. The van der Waals surface area contributed by atoms with E-state index in [0.717, 1.165) is 18.4 Å². The molecule has 0 radical (unpaired) electrons. The van der Waals surface area contributed by atoms with Crippen LogP contribution in [0.3, 0.4) is 0 Å². The summed E-state index contributed by atoms with van der Waals surface area (Å²) in [6.07, 6.45) is 3.66. The van der Waals surface area contributed by atoms with Crippen LogP contribution < -0.4 is 5.73 Å². The SMILES string of the molecule is CCCc1ccc(C2(O)CC(N)C2)cc1. The summed E-state index contributed by atoms with van der Waals surface area (Å²) in [5.41, 5.74) is 7.42. The van der Waals surface area contributed by atoms with Crippen molar-refractivity contribution < 1.29 is 5.11 Å². The normalized spacial score (nSPS) is 29.9. The highest BCUT2D eigenvalue weighted by Gasteiger charge is 2.41. The van der Waals surface area contributed by atoms with Crippen LogP contribution in [0.25, 0.3) is 0 Å². The van der Waals surface area contributed by atoms with Crippen LogP contribution >= 0.6 is 0 Å². The van der Waals surface area contributed by atoms with E-state index in [1.165, 1.54) is 5.56 Å². The second-order valence-electron chi connectivity index (χ2n) is 4.65. The maximum atomic E-state index is 10.2. The molecule has 1 aliphatic carbocycles. The van der Waals surface area contributed by atoms with Gasteiger partial charge in [0.05, 0.1) is 5.60 Å². The Hall–Kier alpha value is -0.860. The Morgan fingerprint density at radius 1 is 1.33 bits per heavy atom. The monoisotopic (exact) mass is 205 g/mol. The molecule has 0 aromatic heterocycles. The molecule has 0 bridgehead atoms. The fraction of sp³-hybridized carbons (Fsp3) is 0.538. The summed E-state index contributed by atoms with van der Waals surface area (Å²) < 4.78 is 0. The molecule has 0 heterocycles.